The van der Waals surface area contributed by atoms with E-state index < -0.39 is 5.54 Å². The molecule has 1 rings (SSSR count). The molecule has 0 heterocycles. The van der Waals surface area contributed by atoms with Gasteiger partial charge in [-0.1, -0.05) is 12.1 Å². The summed E-state index contributed by atoms with van der Waals surface area (Å²) < 4.78 is 5.27. The average molecular weight is 224 g/mol. The Morgan fingerprint density at radius 1 is 1.44 bits per heavy atom. The van der Waals surface area contributed by atoms with Crippen LogP contribution in [0.2, 0.25) is 0 Å². The van der Waals surface area contributed by atoms with E-state index in [-0.39, 0.29) is 6.61 Å². The maximum absolute atomic E-state index is 9.13. The predicted octanol–water partition coefficient (Wildman–Crippen LogP) is 0.841. The van der Waals surface area contributed by atoms with Gasteiger partial charge in [0.25, 0.3) is 0 Å². The van der Waals surface area contributed by atoms with Crippen molar-refractivity contribution in [2.75, 3.05) is 32.2 Å². The van der Waals surface area contributed by atoms with Crippen LogP contribution in [0.3, 0.4) is 0 Å². The van der Waals surface area contributed by atoms with Crippen LogP contribution in [0.1, 0.15) is 6.92 Å². The SMILES string of the molecule is COc1ccccc1N(C)CC(C)(N)CO. The highest BCUT2D eigenvalue weighted by molar-refractivity contribution is 5.58. The number of hydrogen-bond acceptors (Lipinski definition) is 4. The van der Waals surface area contributed by atoms with Crippen molar-refractivity contribution in [3.05, 3.63) is 24.3 Å². The molecule has 1 atom stereocenters. The van der Waals surface area contributed by atoms with Crippen molar-refractivity contribution < 1.29 is 9.84 Å². The topological polar surface area (TPSA) is 58.7 Å². The Balaban J connectivity index is 2.84. The van der Waals surface area contributed by atoms with Crippen molar-refractivity contribution in [2.24, 2.45) is 5.73 Å². The molecule has 0 bridgehead atoms. The van der Waals surface area contributed by atoms with Gasteiger partial charge in [0.15, 0.2) is 0 Å². The maximum atomic E-state index is 9.13. The number of nitrogens with zero attached hydrogens (tertiary/aromatic N) is 1. The van der Waals surface area contributed by atoms with Crippen LogP contribution in [0.25, 0.3) is 0 Å². The zero-order valence-corrected chi connectivity index (χ0v) is 10.1. The normalized spacial score (nSPS) is 14.3. The molecular weight excluding hydrogens is 204 g/mol. The lowest BCUT2D eigenvalue weighted by atomic mass is 10.0. The maximum Gasteiger partial charge on any atom is 0.142 e. The van der Waals surface area contributed by atoms with Gasteiger partial charge in [-0.05, 0) is 19.1 Å². The smallest absolute Gasteiger partial charge is 0.142 e. The first-order valence-corrected chi connectivity index (χ1v) is 5.24. The van der Waals surface area contributed by atoms with Crippen molar-refractivity contribution in [1.82, 2.24) is 0 Å². The molecule has 0 aliphatic rings. The van der Waals surface area contributed by atoms with Gasteiger partial charge < -0.3 is 20.5 Å². The number of hydrogen-bond donors (Lipinski definition) is 2. The lowest BCUT2D eigenvalue weighted by Crippen LogP contribution is -2.49. The van der Waals surface area contributed by atoms with E-state index in [4.69, 9.17) is 15.6 Å². The molecule has 1 aromatic rings. The summed E-state index contributed by atoms with van der Waals surface area (Å²) >= 11 is 0. The number of aliphatic hydroxyl groups excluding tert-OH is 1. The zero-order chi connectivity index (χ0) is 12.2. The minimum atomic E-state index is -0.615. The van der Waals surface area contributed by atoms with Gasteiger partial charge in [-0.3, -0.25) is 0 Å². The molecule has 1 aromatic carbocycles. The van der Waals surface area contributed by atoms with Crippen LogP contribution in [0.15, 0.2) is 24.3 Å². The van der Waals surface area contributed by atoms with Crippen LogP contribution in [0, 0.1) is 0 Å². The molecule has 0 aromatic heterocycles. The third-order valence-electron chi connectivity index (χ3n) is 2.46. The minimum absolute atomic E-state index is 0.0491. The van der Waals surface area contributed by atoms with E-state index in [0.29, 0.717) is 6.54 Å². The van der Waals surface area contributed by atoms with Crippen molar-refractivity contribution in [3.8, 4) is 5.75 Å². The number of aliphatic hydroxyl groups is 1. The van der Waals surface area contributed by atoms with Crippen molar-refractivity contribution in [3.63, 3.8) is 0 Å². The van der Waals surface area contributed by atoms with E-state index in [1.807, 2.05) is 43.1 Å². The fraction of sp³-hybridized carbons (Fsp3) is 0.500. The van der Waals surface area contributed by atoms with Gasteiger partial charge in [0.1, 0.15) is 5.75 Å². The van der Waals surface area contributed by atoms with Gasteiger partial charge in [0.05, 0.1) is 24.9 Å². The van der Waals surface area contributed by atoms with Gasteiger partial charge >= 0.3 is 0 Å². The highest BCUT2D eigenvalue weighted by atomic mass is 16.5. The van der Waals surface area contributed by atoms with Gasteiger partial charge in [-0.15, -0.1) is 0 Å². The molecule has 0 spiro atoms. The Hall–Kier alpha value is -1.26. The largest absolute Gasteiger partial charge is 0.495 e. The highest BCUT2D eigenvalue weighted by Crippen LogP contribution is 2.27. The zero-order valence-electron chi connectivity index (χ0n) is 10.1. The molecule has 0 saturated carbocycles. The van der Waals surface area contributed by atoms with E-state index >= 15 is 0 Å². The summed E-state index contributed by atoms with van der Waals surface area (Å²) in [4.78, 5) is 1.98. The second-order valence-electron chi connectivity index (χ2n) is 4.34. The fourth-order valence-electron chi connectivity index (χ4n) is 1.62. The van der Waals surface area contributed by atoms with E-state index in [1.165, 1.54) is 0 Å². The van der Waals surface area contributed by atoms with E-state index in [2.05, 4.69) is 0 Å². The van der Waals surface area contributed by atoms with Crippen LogP contribution in [0.4, 0.5) is 5.69 Å². The Morgan fingerprint density at radius 2 is 2.06 bits per heavy atom. The third kappa shape index (κ3) is 3.12. The third-order valence-corrected chi connectivity index (χ3v) is 2.46. The molecule has 4 nitrogen and oxygen atoms in total. The molecule has 0 radical (unpaired) electrons. The Labute approximate surface area is 96.6 Å². The summed E-state index contributed by atoms with van der Waals surface area (Å²) in [5.41, 5.74) is 6.27. The Kier molecular flexibility index (Phi) is 4.15. The molecule has 0 amide bonds. The monoisotopic (exact) mass is 224 g/mol. The number of benzene rings is 1. The number of ether oxygens (including phenoxy) is 1. The van der Waals surface area contributed by atoms with E-state index in [1.54, 1.807) is 7.11 Å². The molecule has 3 N–H and O–H groups in total. The standard InChI is InChI=1S/C12H20N2O2/c1-12(13,9-15)8-14(2)10-6-4-5-7-11(10)16-3/h4-7,15H,8-9,13H2,1-3H3. The van der Waals surface area contributed by atoms with Crippen molar-refractivity contribution in [2.45, 2.75) is 12.5 Å². The number of likely N-dealkylation sites (N-methyl/N-ethyl adjacent to an activating group) is 1. The first-order valence-electron chi connectivity index (χ1n) is 5.24. The molecule has 90 valence electrons. The summed E-state index contributed by atoms with van der Waals surface area (Å²) in [7, 11) is 3.57. The Bertz CT molecular complexity index is 340. The summed E-state index contributed by atoms with van der Waals surface area (Å²) in [6.45, 7) is 2.33. The summed E-state index contributed by atoms with van der Waals surface area (Å²) in [6.07, 6.45) is 0. The summed E-state index contributed by atoms with van der Waals surface area (Å²) in [5.74, 6) is 0.804. The molecule has 0 aliphatic carbocycles. The van der Waals surface area contributed by atoms with Gasteiger partial charge in [0, 0.05) is 13.6 Å². The summed E-state index contributed by atoms with van der Waals surface area (Å²) in [5, 5.41) is 9.13. The number of anilines is 1. The number of para-hydroxylation sites is 2. The molecule has 4 heteroatoms. The second-order valence-corrected chi connectivity index (χ2v) is 4.34. The summed E-state index contributed by atoms with van der Waals surface area (Å²) in [6, 6.07) is 7.73. The molecule has 0 saturated heterocycles. The average Bonchev–Trinajstić information content (AvgIpc) is 2.28. The van der Waals surface area contributed by atoms with Gasteiger partial charge in [0.2, 0.25) is 0 Å². The molecule has 16 heavy (non-hydrogen) atoms. The molecule has 1 unspecified atom stereocenters. The van der Waals surface area contributed by atoms with Gasteiger partial charge in [-0.25, -0.2) is 0 Å². The second kappa shape index (κ2) is 5.18. The molecule has 0 fully saturated rings. The van der Waals surface area contributed by atoms with Gasteiger partial charge in [-0.2, -0.15) is 0 Å². The van der Waals surface area contributed by atoms with E-state index in [0.717, 1.165) is 11.4 Å². The lowest BCUT2D eigenvalue weighted by molar-refractivity contribution is 0.212. The number of methoxy groups -OCH3 is 1. The van der Waals surface area contributed by atoms with Crippen LogP contribution in [0.5, 0.6) is 5.75 Å². The van der Waals surface area contributed by atoms with Crippen molar-refractivity contribution >= 4 is 5.69 Å². The highest BCUT2D eigenvalue weighted by Gasteiger charge is 2.20. The van der Waals surface area contributed by atoms with Crippen molar-refractivity contribution in [1.29, 1.82) is 0 Å². The minimum Gasteiger partial charge on any atom is -0.495 e. The van der Waals surface area contributed by atoms with Crippen LogP contribution in [-0.4, -0.2) is 38.0 Å². The first-order chi connectivity index (χ1) is 7.50. The predicted molar refractivity (Wildman–Crippen MR) is 65.9 cm³/mol. The number of rotatable bonds is 5. The van der Waals surface area contributed by atoms with Crippen LogP contribution < -0.4 is 15.4 Å². The quantitative estimate of drug-likeness (QED) is 0.778. The molecule has 0 aliphatic heterocycles. The van der Waals surface area contributed by atoms with Crippen LogP contribution >= 0.6 is 0 Å². The fourth-order valence-corrected chi connectivity index (χ4v) is 1.62. The van der Waals surface area contributed by atoms with E-state index in [9.17, 15) is 0 Å². The molecular formula is C12H20N2O2. The number of nitrogens with two attached hydrogens (primary N) is 1. The lowest BCUT2D eigenvalue weighted by Gasteiger charge is -2.30. The first kappa shape index (κ1) is 12.8. The van der Waals surface area contributed by atoms with Crippen LogP contribution in [-0.2, 0) is 0 Å². The Morgan fingerprint density at radius 3 is 2.62 bits per heavy atom.